The molecule has 1 atom stereocenters. The van der Waals surface area contributed by atoms with E-state index in [4.69, 9.17) is 10.5 Å². The highest BCUT2D eigenvalue weighted by molar-refractivity contribution is 7.10. The first-order valence-electron chi connectivity index (χ1n) is 7.03. The number of primary amides is 1. The summed E-state index contributed by atoms with van der Waals surface area (Å²) >= 11 is 1.46. The molecule has 0 aliphatic heterocycles. The van der Waals surface area contributed by atoms with E-state index in [1.54, 1.807) is 13.2 Å². The largest absolute Gasteiger partial charge is 0.495 e. The van der Waals surface area contributed by atoms with E-state index in [9.17, 15) is 9.59 Å². The summed E-state index contributed by atoms with van der Waals surface area (Å²) in [6.07, 6.45) is 0.0839. The highest BCUT2D eigenvalue weighted by Gasteiger charge is 2.19. The zero-order valence-corrected chi connectivity index (χ0v) is 13.8. The van der Waals surface area contributed by atoms with Crippen LogP contribution in [0.1, 0.15) is 22.9 Å². The van der Waals surface area contributed by atoms with Crippen LogP contribution in [0.25, 0.3) is 0 Å². The molecule has 0 aliphatic rings. The molecule has 0 saturated heterocycles. The van der Waals surface area contributed by atoms with Crippen LogP contribution in [0, 0.1) is 6.92 Å². The Kier molecular flexibility index (Phi) is 5.59. The number of methoxy groups -OCH3 is 1. The number of anilines is 1. The minimum atomic E-state index is -0.663. The lowest BCUT2D eigenvalue weighted by molar-refractivity contribution is -0.116. The second kappa shape index (κ2) is 7.64. The van der Waals surface area contributed by atoms with E-state index in [1.165, 1.54) is 11.3 Å². The number of urea groups is 1. The Hall–Kier alpha value is -2.54. The Morgan fingerprint density at radius 1 is 1.35 bits per heavy atom. The third kappa shape index (κ3) is 4.72. The van der Waals surface area contributed by atoms with Crippen LogP contribution in [0.15, 0.2) is 35.7 Å². The zero-order chi connectivity index (χ0) is 16.8. The number of ether oxygens (including phenoxy) is 1. The van der Waals surface area contributed by atoms with Gasteiger partial charge in [-0.3, -0.25) is 4.79 Å². The fraction of sp³-hybridized carbons (Fsp3) is 0.250. The van der Waals surface area contributed by atoms with Crippen molar-refractivity contribution in [3.05, 3.63) is 46.2 Å². The van der Waals surface area contributed by atoms with Crippen molar-refractivity contribution >= 4 is 29.0 Å². The van der Waals surface area contributed by atoms with Gasteiger partial charge in [0, 0.05) is 4.88 Å². The SMILES string of the molecule is COc1ccc(C)cc1NC(=O)C[C@@H](NC(N)=O)c1cccs1. The van der Waals surface area contributed by atoms with Gasteiger partial charge in [0.05, 0.1) is 25.3 Å². The molecule has 4 N–H and O–H groups in total. The van der Waals surface area contributed by atoms with Gasteiger partial charge in [-0.15, -0.1) is 11.3 Å². The molecule has 1 aromatic carbocycles. The molecule has 0 saturated carbocycles. The molecule has 2 rings (SSSR count). The summed E-state index contributed by atoms with van der Waals surface area (Å²) in [5.41, 5.74) is 6.80. The second-order valence-electron chi connectivity index (χ2n) is 5.03. The van der Waals surface area contributed by atoms with E-state index >= 15 is 0 Å². The Balaban J connectivity index is 2.10. The maximum atomic E-state index is 12.3. The van der Waals surface area contributed by atoms with Gasteiger partial charge >= 0.3 is 6.03 Å². The quantitative estimate of drug-likeness (QED) is 0.759. The minimum Gasteiger partial charge on any atom is -0.495 e. The number of thiophene rings is 1. The van der Waals surface area contributed by atoms with E-state index in [-0.39, 0.29) is 12.3 Å². The molecule has 0 radical (unpaired) electrons. The van der Waals surface area contributed by atoms with Gasteiger partial charge in [-0.25, -0.2) is 4.79 Å². The number of rotatable bonds is 6. The first-order chi connectivity index (χ1) is 11.0. The van der Waals surface area contributed by atoms with Crippen molar-refractivity contribution in [3.8, 4) is 5.75 Å². The summed E-state index contributed by atoms with van der Waals surface area (Å²) in [5.74, 6) is 0.348. The first-order valence-corrected chi connectivity index (χ1v) is 7.91. The maximum Gasteiger partial charge on any atom is 0.312 e. The van der Waals surface area contributed by atoms with Crippen LogP contribution in [0.3, 0.4) is 0 Å². The van der Waals surface area contributed by atoms with Crippen LogP contribution in [0.4, 0.5) is 10.5 Å². The topological polar surface area (TPSA) is 93.4 Å². The average molecular weight is 333 g/mol. The molecule has 2 aromatic rings. The van der Waals surface area contributed by atoms with E-state index in [0.29, 0.717) is 11.4 Å². The molecule has 3 amide bonds. The van der Waals surface area contributed by atoms with Gasteiger partial charge < -0.3 is 21.1 Å². The van der Waals surface area contributed by atoms with Crippen LogP contribution in [-0.4, -0.2) is 19.0 Å². The second-order valence-corrected chi connectivity index (χ2v) is 6.01. The summed E-state index contributed by atoms with van der Waals surface area (Å²) in [6, 6.07) is 8.12. The fourth-order valence-corrected chi connectivity index (χ4v) is 2.97. The number of hydrogen-bond acceptors (Lipinski definition) is 4. The van der Waals surface area contributed by atoms with E-state index in [0.717, 1.165) is 10.4 Å². The zero-order valence-electron chi connectivity index (χ0n) is 13.0. The summed E-state index contributed by atoms with van der Waals surface area (Å²) in [6.45, 7) is 1.93. The summed E-state index contributed by atoms with van der Waals surface area (Å²) < 4.78 is 5.24. The number of carbonyl (C=O) groups excluding carboxylic acids is 2. The van der Waals surface area contributed by atoms with Gasteiger partial charge in [0.1, 0.15) is 5.75 Å². The molecule has 7 heteroatoms. The van der Waals surface area contributed by atoms with Gasteiger partial charge in [-0.1, -0.05) is 12.1 Å². The minimum absolute atomic E-state index is 0.0839. The van der Waals surface area contributed by atoms with Crippen molar-refractivity contribution in [1.29, 1.82) is 0 Å². The number of benzene rings is 1. The maximum absolute atomic E-state index is 12.3. The van der Waals surface area contributed by atoms with Gasteiger partial charge in [0.25, 0.3) is 0 Å². The Bertz CT molecular complexity index is 686. The first kappa shape index (κ1) is 16.8. The monoisotopic (exact) mass is 333 g/mol. The molecule has 23 heavy (non-hydrogen) atoms. The molecule has 0 unspecified atom stereocenters. The number of carbonyl (C=O) groups is 2. The number of nitrogens with one attached hydrogen (secondary N) is 2. The highest BCUT2D eigenvalue weighted by atomic mass is 32.1. The number of nitrogens with two attached hydrogens (primary N) is 1. The molecule has 0 fully saturated rings. The lowest BCUT2D eigenvalue weighted by Gasteiger charge is -2.17. The van der Waals surface area contributed by atoms with Crippen LogP contribution < -0.4 is 21.1 Å². The van der Waals surface area contributed by atoms with Gasteiger partial charge in [0.2, 0.25) is 5.91 Å². The summed E-state index contributed by atoms with van der Waals surface area (Å²) in [5, 5.41) is 7.29. The molecule has 0 aliphatic carbocycles. The Morgan fingerprint density at radius 3 is 2.74 bits per heavy atom. The smallest absolute Gasteiger partial charge is 0.312 e. The van der Waals surface area contributed by atoms with Crippen LogP contribution in [0.2, 0.25) is 0 Å². The molecular formula is C16H19N3O3S. The van der Waals surface area contributed by atoms with Gasteiger partial charge in [-0.2, -0.15) is 0 Å². The molecule has 1 aromatic heterocycles. The average Bonchev–Trinajstić information content (AvgIpc) is 3.00. The Morgan fingerprint density at radius 2 is 2.13 bits per heavy atom. The van der Waals surface area contributed by atoms with Crippen molar-refractivity contribution in [2.24, 2.45) is 5.73 Å². The number of hydrogen-bond donors (Lipinski definition) is 3. The fourth-order valence-electron chi connectivity index (χ4n) is 2.19. The van der Waals surface area contributed by atoms with Gasteiger partial charge in [-0.05, 0) is 36.1 Å². The summed E-state index contributed by atoms with van der Waals surface area (Å²) in [4.78, 5) is 24.3. The van der Waals surface area contributed by atoms with Crippen molar-refractivity contribution in [3.63, 3.8) is 0 Å². The number of aryl methyl sites for hydroxylation is 1. The normalized spacial score (nSPS) is 11.6. The van der Waals surface area contributed by atoms with Crippen molar-refractivity contribution < 1.29 is 14.3 Å². The highest BCUT2D eigenvalue weighted by Crippen LogP contribution is 2.27. The van der Waals surface area contributed by atoms with Crippen LogP contribution >= 0.6 is 11.3 Å². The lowest BCUT2D eigenvalue weighted by Crippen LogP contribution is -2.34. The van der Waals surface area contributed by atoms with E-state index in [2.05, 4.69) is 10.6 Å². The molecular weight excluding hydrogens is 314 g/mol. The van der Waals surface area contributed by atoms with E-state index < -0.39 is 12.1 Å². The van der Waals surface area contributed by atoms with Crippen molar-refractivity contribution in [1.82, 2.24) is 5.32 Å². The molecule has 1 heterocycles. The Labute approximate surface area is 138 Å². The van der Waals surface area contributed by atoms with Crippen LogP contribution in [-0.2, 0) is 4.79 Å². The predicted octanol–water partition coefficient (Wildman–Crippen LogP) is 2.80. The summed E-state index contributed by atoms with van der Waals surface area (Å²) in [7, 11) is 1.55. The van der Waals surface area contributed by atoms with Crippen LogP contribution in [0.5, 0.6) is 5.75 Å². The predicted molar refractivity (Wildman–Crippen MR) is 90.8 cm³/mol. The third-order valence-electron chi connectivity index (χ3n) is 3.22. The van der Waals surface area contributed by atoms with Gasteiger partial charge in [0.15, 0.2) is 0 Å². The standard InChI is InChI=1S/C16H19N3O3S/c1-10-5-6-13(22-2)11(8-10)18-15(20)9-12(19-16(17)21)14-4-3-7-23-14/h3-8,12H,9H2,1-2H3,(H,18,20)(H3,17,19,21)/t12-/m1/s1. The van der Waals surface area contributed by atoms with Crippen molar-refractivity contribution in [2.45, 2.75) is 19.4 Å². The van der Waals surface area contributed by atoms with E-state index in [1.807, 2.05) is 36.6 Å². The molecule has 0 bridgehead atoms. The third-order valence-corrected chi connectivity index (χ3v) is 4.21. The molecule has 6 nitrogen and oxygen atoms in total. The molecule has 122 valence electrons. The lowest BCUT2D eigenvalue weighted by atomic mass is 10.1. The molecule has 0 spiro atoms. The number of amides is 3. The van der Waals surface area contributed by atoms with Crippen molar-refractivity contribution in [2.75, 3.05) is 12.4 Å².